The number of aliphatic imine (C=N–C) groups is 1. The number of anilines is 1. The highest BCUT2D eigenvalue weighted by atomic mass is 32.1. The molecule has 0 saturated heterocycles. The molecule has 0 bridgehead atoms. The molecule has 0 aliphatic rings. The Balaban J connectivity index is 1.56. The third kappa shape index (κ3) is 4.37. The van der Waals surface area contributed by atoms with E-state index in [2.05, 4.69) is 38.2 Å². The van der Waals surface area contributed by atoms with Gasteiger partial charge in [0.25, 0.3) is 5.56 Å². The van der Waals surface area contributed by atoms with Gasteiger partial charge < -0.3 is 5.32 Å². The molecule has 28 heavy (non-hydrogen) atoms. The molecule has 0 unspecified atom stereocenters. The highest BCUT2D eigenvalue weighted by molar-refractivity contribution is 7.10. The first kappa shape index (κ1) is 18.6. The molecule has 0 atom stereocenters. The molecule has 0 aromatic carbocycles. The topological polar surface area (TPSA) is 58.8 Å². The molecule has 4 aromatic rings. The van der Waals surface area contributed by atoms with Crippen LogP contribution in [-0.2, 0) is 12.8 Å². The predicted molar refractivity (Wildman–Crippen MR) is 118 cm³/mol. The lowest BCUT2D eigenvalue weighted by Gasteiger charge is -2.10. The van der Waals surface area contributed by atoms with Gasteiger partial charge in [0, 0.05) is 41.7 Å². The molecule has 0 spiro atoms. The van der Waals surface area contributed by atoms with Crippen molar-refractivity contribution in [3.63, 3.8) is 0 Å². The molecule has 0 aliphatic carbocycles. The number of hydrogen-bond donors (Lipinski definition) is 1. The fraction of sp³-hybridized carbons (Fsp3) is 0.190. The molecule has 1 N–H and O–H groups in total. The van der Waals surface area contributed by atoms with Gasteiger partial charge in [-0.15, -0.1) is 22.7 Å². The molecular weight excluding hydrogens is 388 g/mol. The lowest BCUT2D eigenvalue weighted by atomic mass is 10.2. The Morgan fingerprint density at radius 2 is 1.82 bits per heavy atom. The second kappa shape index (κ2) is 8.95. The highest BCUT2D eigenvalue weighted by Gasteiger charge is 2.11. The van der Waals surface area contributed by atoms with Gasteiger partial charge in [-0.3, -0.25) is 14.2 Å². The van der Waals surface area contributed by atoms with Crippen molar-refractivity contribution in [2.24, 2.45) is 4.99 Å². The summed E-state index contributed by atoms with van der Waals surface area (Å²) in [6.45, 7) is 1.36. The minimum Gasteiger partial charge on any atom is -0.369 e. The summed E-state index contributed by atoms with van der Waals surface area (Å²) >= 11 is 3.46. The van der Waals surface area contributed by atoms with Gasteiger partial charge in [-0.2, -0.15) is 0 Å². The fourth-order valence-electron chi connectivity index (χ4n) is 2.90. The number of rotatable bonds is 8. The Kier molecular flexibility index (Phi) is 5.94. The predicted octanol–water partition coefficient (Wildman–Crippen LogP) is 4.13. The van der Waals surface area contributed by atoms with Gasteiger partial charge in [-0.05, 0) is 41.4 Å². The van der Waals surface area contributed by atoms with Crippen LogP contribution in [0.15, 0.2) is 69.2 Å². The molecule has 7 heteroatoms. The first-order chi connectivity index (χ1) is 13.8. The van der Waals surface area contributed by atoms with Crippen molar-refractivity contribution in [2.75, 3.05) is 18.4 Å². The Hall–Kier alpha value is -2.77. The van der Waals surface area contributed by atoms with Gasteiger partial charge in [-0.1, -0.05) is 18.2 Å². The summed E-state index contributed by atoms with van der Waals surface area (Å²) in [6, 6.07) is 13.9. The standard InChI is InChI=1S/C21H20N4OS2/c26-21-18(15-22-10-8-16-5-3-13-27-16)20(23-11-9-17-6-4-14-28-17)24-19-7-1-2-12-25(19)21/h1-7,12-15,23H,8-11H2. The summed E-state index contributed by atoms with van der Waals surface area (Å²) in [5.74, 6) is 0.590. The molecule has 0 amide bonds. The molecular formula is C21H20N4OS2. The van der Waals surface area contributed by atoms with Crippen molar-refractivity contribution in [1.29, 1.82) is 0 Å². The first-order valence-corrected chi connectivity index (χ1v) is 10.9. The van der Waals surface area contributed by atoms with Crippen molar-refractivity contribution >= 4 is 40.4 Å². The van der Waals surface area contributed by atoms with Crippen LogP contribution in [0.25, 0.3) is 5.65 Å². The minimum atomic E-state index is -0.107. The molecule has 0 aliphatic heterocycles. The van der Waals surface area contributed by atoms with Crippen LogP contribution < -0.4 is 10.9 Å². The number of hydrogen-bond acceptors (Lipinski definition) is 6. The van der Waals surface area contributed by atoms with Crippen molar-refractivity contribution in [3.8, 4) is 0 Å². The van der Waals surface area contributed by atoms with Gasteiger partial charge in [0.1, 0.15) is 17.0 Å². The van der Waals surface area contributed by atoms with Crippen LogP contribution in [0.4, 0.5) is 5.82 Å². The van der Waals surface area contributed by atoms with Crippen LogP contribution in [0.5, 0.6) is 0 Å². The van der Waals surface area contributed by atoms with Gasteiger partial charge in [0.2, 0.25) is 0 Å². The fourth-order valence-corrected chi connectivity index (χ4v) is 4.31. The summed E-state index contributed by atoms with van der Waals surface area (Å²) < 4.78 is 1.56. The summed E-state index contributed by atoms with van der Waals surface area (Å²) in [5.41, 5.74) is 1.02. The zero-order chi connectivity index (χ0) is 19.2. The average molecular weight is 409 g/mol. The molecule has 0 fully saturated rings. The van der Waals surface area contributed by atoms with Crippen LogP contribution in [0.2, 0.25) is 0 Å². The van der Waals surface area contributed by atoms with E-state index in [4.69, 9.17) is 0 Å². The van der Waals surface area contributed by atoms with E-state index < -0.39 is 0 Å². The average Bonchev–Trinajstić information content (AvgIpc) is 3.41. The van der Waals surface area contributed by atoms with Crippen molar-refractivity contribution in [3.05, 3.63) is 85.1 Å². The van der Waals surface area contributed by atoms with E-state index >= 15 is 0 Å². The van der Waals surface area contributed by atoms with E-state index in [0.717, 1.165) is 12.8 Å². The molecule has 5 nitrogen and oxygen atoms in total. The first-order valence-electron chi connectivity index (χ1n) is 9.11. The molecule has 0 radical (unpaired) electrons. The monoisotopic (exact) mass is 408 g/mol. The summed E-state index contributed by atoms with van der Waals surface area (Å²) in [6.07, 6.45) is 5.17. The third-order valence-electron chi connectivity index (χ3n) is 4.30. The molecule has 4 rings (SSSR count). The SMILES string of the molecule is O=c1c(C=NCCc2cccs2)c(NCCc2cccs2)nc2ccccn12. The molecule has 0 saturated carbocycles. The van der Waals surface area contributed by atoms with Crippen LogP contribution in [0, 0.1) is 0 Å². The molecule has 142 valence electrons. The van der Waals surface area contributed by atoms with Gasteiger partial charge in [0.15, 0.2) is 0 Å². The van der Waals surface area contributed by atoms with E-state index in [1.807, 2.05) is 30.3 Å². The largest absolute Gasteiger partial charge is 0.369 e. The summed E-state index contributed by atoms with van der Waals surface area (Å²) in [7, 11) is 0. The third-order valence-corrected chi connectivity index (χ3v) is 6.17. The maximum absolute atomic E-state index is 13.0. The lowest BCUT2D eigenvalue weighted by Crippen LogP contribution is -2.23. The minimum absolute atomic E-state index is 0.107. The maximum atomic E-state index is 13.0. The maximum Gasteiger partial charge on any atom is 0.268 e. The van der Waals surface area contributed by atoms with E-state index in [1.165, 1.54) is 9.75 Å². The smallest absolute Gasteiger partial charge is 0.268 e. The zero-order valence-electron chi connectivity index (χ0n) is 15.2. The van der Waals surface area contributed by atoms with Gasteiger partial charge in [0.05, 0.1) is 0 Å². The van der Waals surface area contributed by atoms with E-state index in [9.17, 15) is 4.79 Å². The number of thiophene rings is 2. The number of fused-ring (bicyclic) bond motifs is 1. The number of nitrogens with one attached hydrogen (secondary N) is 1. The van der Waals surface area contributed by atoms with Crippen LogP contribution >= 0.6 is 22.7 Å². The molecule has 4 aromatic heterocycles. The normalized spacial score (nSPS) is 11.4. The van der Waals surface area contributed by atoms with E-state index in [1.54, 1.807) is 39.5 Å². The van der Waals surface area contributed by atoms with Crippen LogP contribution in [0.3, 0.4) is 0 Å². The molecule has 4 heterocycles. The van der Waals surface area contributed by atoms with Crippen molar-refractivity contribution in [2.45, 2.75) is 12.8 Å². The zero-order valence-corrected chi connectivity index (χ0v) is 16.9. The van der Waals surface area contributed by atoms with E-state index in [0.29, 0.717) is 30.1 Å². The van der Waals surface area contributed by atoms with Crippen molar-refractivity contribution < 1.29 is 0 Å². The number of pyridine rings is 1. The van der Waals surface area contributed by atoms with Gasteiger partial charge >= 0.3 is 0 Å². The lowest BCUT2D eigenvalue weighted by molar-refractivity contribution is 0.981. The van der Waals surface area contributed by atoms with Crippen LogP contribution in [-0.4, -0.2) is 28.7 Å². The van der Waals surface area contributed by atoms with E-state index in [-0.39, 0.29) is 5.56 Å². The Morgan fingerprint density at radius 1 is 1.04 bits per heavy atom. The summed E-state index contributed by atoms with van der Waals surface area (Å²) in [5, 5.41) is 7.47. The quantitative estimate of drug-likeness (QED) is 0.446. The van der Waals surface area contributed by atoms with Crippen molar-refractivity contribution in [1.82, 2.24) is 9.38 Å². The number of aromatic nitrogens is 2. The number of nitrogens with zero attached hydrogens (tertiary/aromatic N) is 3. The Labute approximate surface area is 171 Å². The Morgan fingerprint density at radius 3 is 2.57 bits per heavy atom. The summed E-state index contributed by atoms with van der Waals surface area (Å²) in [4.78, 5) is 24.7. The Bertz CT molecular complexity index is 1120. The van der Waals surface area contributed by atoms with Gasteiger partial charge in [-0.25, -0.2) is 4.98 Å². The van der Waals surface area contributed by atoms with Crippen LogP contribution in [0.1, 0.15) is 15.3 Å². The highest BCUT2D eigenvalue weighted by Crippen LogP contribution is 2.13. The second-order valence-electron chi connectivity index (χ2n) is 6.23. The second-order valence-corrected chi connectivity index (χ2v) is 8.29.